The van der Waals surface area contributed by atoms with Gasteiger partial charge in [-0.05, 0) is 25.7 Å². The van der Waals surface area contributed by atoms with Crippen LogP contribution >= 0.6 is 0 Å². The second kappa shape index (κ2) is 13.2. The first-order chi connectivity index (χ1) is 10.8. The largest absolute Gasteiger partial charge is 0.396 e. The molecule has 0 heterocycles. The molecule has 0 radical (unpaired) electrons. The highest BCUT2D eigenvalue weighted by Gasteiger charge is 2.14. The van der Waals surface area contributed by atoms with Gasteiger partial charge in [-0.2, -0.15) is 0 Å². The fourth-order valence-corrected chi connectivity index (χ4v) is 3.18. The number of rotatable bonds is 16. The van der Waals surface area contributed by atoms with Crippen LogP contribution in [0.15, 0.2) is 0 Å². The molecular weight excluding hydrogens is 288 g/mol. The average molecular weight is 333 g/mol. The van der Waals surface area contributed by atoms with Gasteiger partial charge in [0.25, 0.3) is 0 Å². The summed E-state index contributed by atoms with van der Waals surface area (Å²) in [6, 6.07) is 0. The maximum absolute atomic E-state index is 8.91. The van der Waals surface area contributed by atoms with E-state index in [1.165, 1.54) is 58.0 Å². The Hall–Kier alpha value is -0.160. The van der Waals surface area contributed by atoms with Crippen molar-refractivity contribution < 1.29 is 19.2 Å². The Morgan fingerprint density at radius 1 is 0.435 bits per heavy atom. The minimum absolute atomic E-state index is 0.317. The lowest BCUT2D eigenvalue weighted by Crippen LogP contribution is -2.41. The molecule has 0 aromatic heterocycles. The van der Waals surface area contributed by atoms with Crippen molar-refractivity contribution in [1.82, 2.24) is 0 Å². The van der Waals surface area contributed by atoms with Crippen LogP contribution in [0.5, 0.6) is 0 Å². The molecule has 0 atom stereocenters. The summed E-state index contributed by atoms with van der Waals surface area (Å²) in [4.78, 5) is 0. The molecule has 0 spiro atoms. The van der Waals surface area contributed by atoms with Crippen molar-refractivity contribution in [3.05, 3.63) is 0 Å². The van der Waals surface area contributed by atoms with Crippen LogP contribution in [0.3, 0.4) is 0 Å². The quantitative estimate of drug-likeness (QED) is 0.337. The highest BCUT2D eigenvalue weighted by Crippen LogP contribution is 2.11. The Bertz CT molecular complexity index is 242. The zero-order valence-electron chi connectivity index (χ0n) is 16.4. The second-order valence-electron chi connectivity index (χ2n) is 8.40. The molecule has 0 aliphatic rings. The third-order valence-corrected chi connectivity index (χ3v) is 4.87. The van der Waals surface area contributed by atoms with Crippen molar-refractivity contribution in [1.29, 1.82) is 0 Å². The molecule has 0 aliphatic heterocycles. The lowest BCUT2D eigenvalue weighted by molar-refractivity contribution is -0.890. The monoisotopic (exact) mass is 332 g/mol. The van der Waals surface area contributed by atoms with Gasteiger partial charge in [0.2, 0.25) is 0 Å². The number of quaternary nitrogens is 2. The van der Waals surface area contributed by atoms with Crippen molar-refractivity contribution in [2.75, 3.05) is 67.6 Å². The summed E-state index contributed by atoms with van der Waals surface area (Å²) < 4.78 is 2.09. The highest BCUT2D eigenvalue weighted by atomic mass is 16.3. The number of hydrogen-bond acceptors (Lipinski definition) is 2. The van der Waals surface area contributed by atoms with Gasteiger partial charge in [0.15, 0.2) is 0 Å². The molecule has 4 nitrogen and oxygen atoms in total. The van der Waals surface area contributed by atoms with Gasteiger partial charge >= 0.3 is 0 Å². The minimum Gasteiger partial charge on any atom is -0.396 e. The van der Waals surface area contributed by atoms with E-state index in [1.54, 1.807) is 0 Å². The number of aliphatic hydroxyl groups excluding tert-OH is 2. The molecule has 0 fully saturated rings. The Kier molecular flexibility index (Phi) is 13.1. The average Bonchev–Trinajstić information content (AvgIpc) is 2.49. The molecule has 23 heavy (non-hydrogen) atoms. The Labute approximate surface area is 145 Å². The van der Waals surface area contributed by atoms with Gasteiger partial charge in [-0.25, -0.2) is 0 Å². The summed E-state index contributed by atoms with van der Waals surface area (Å²) >= 11 is 0. The topological polar surface area (TPSA) is 40.5 Å². The molecular formula is C19H44N2O2+2. The minimum atomic E-state index is 0.317. The van der Waals surface area contributed by atoms with Gasteiger partial charge in [-0.3, -0.25) is 0 Å². The third-order valence-electron chi connectivity index (χ3n) is 4.87. The summed E-state index contributed by atoms with van der Waals surface area (Å²) in [5.74, 6) is 0. The highest BCUT2D eigenvalue weighted by molar-refractivity contribution is 4.48. The molecule has 0 aliphatic carbocycles. The molecule has 0 rings (SSSR count). The molecule has 4 heteroatoms. The van der Waals surface area contributed by atoms with E-state index in [2.05, 4.69) is 28.2 Å². The van der Waals surface area contributed by atoms with Gasteiger partial charge < -0.3 is 19.2 Å². The number of nitrogens with zero attached hydrogens (tertiary/aromatic N) is 2. The summed E-state index contributed by atoms with van der Waals surface area (Å²) in [5.41, 5.74) is 0. The summed E-state index contributed by atoms with van der Waals surface area (Å²) in [5, 5.41) is 17.8. The predicted molar refractivity (Wildman–Crippen MR) is 99.4 cm³/mol. The smallest absolute Gasteiger partial charge is 0.0804 e. The Morgan fingerprint density at radius 2 is 0.696 bits per heavy atom. The van der Waals surface area contributed by atoms with Gasteiger partial charge in [-0.1, -0.05) is 19.3 Å². The Morgan fingerprint density at radius 3 is 1.00 bits per heavy atom. The van der Waals surface area contributed by atoms with Crippen LogP contribution in [-0.4, -0.2) is 86.8 Å². The molecule has 0 bridgehead atoms. The summed E-state index contributed by atoms with van der Waals surface area (Å²) in [6.07, 6.45) is 11.2. The molecule has 0 aromatic rings. The van der Waals surface area contributed by atoms with E-state index in [0.29, 0.717) is 13.2 Å². The van der Waals surface area contributed by atoms with Crippen molar-refractivity contribution >= 4 is 0 Å². The maximum atomic E-state index is 8.91. The Balaban J connectivity index is 3.43. The van der Waals surface area contributed by atoms with Crippen molar-refractivity contribution in [2.45, 2.75) is 57.8 Å². The van der Waals surface area contributed by atoms with Crippen LogP contribution in [0.2, 0.25) is 0 Å². The molecule has 0 unspecified atom stereocenters. The van der Waals surface area contributed by atoms with Crippen LogP contribution in [0, 0.1) is 0 Å². The van der Waals surface area contributed by atoms with Crippen LogP contribution in [-0.2, 0) is 0 Å². The lowest BCUT2D eigenvalue weighted by atomic mass is 10.1. The number of hydrogen-bond donors (Lipinski definition) is 2. The standard InChI is InChI=1S/C19H44N2O2/c1-20(2,16-12-18-22)14-10-8-6-5-7-9-11-15-21(3,4)17-13-19-23/h22-23H,5-19H2,1-4H3/q+2. The molecule has 0 saturated carbocycles. The fourth-order valence-electron chi connectivity index (χ4n) is 3.18. The van der Waals surface area contributed by atoms with Crippen LogP contribution in [0.25, 0.3) is 0 Å². The van der Waals surface area contributed by atoms with Crippen LogP contribution in [0.4, 0.5) is 0 Å². The number of aliphatic hydroxyl groups is 2. The SMILES string of the molecule is C[N+](C)(CCCO)CCCCCCCCC[N+](C)(C)CCCO. The summed E-state index contributed by atoms with van der Waals surface area (Å²) in [6.45, 7) is 5.27. The van der Waals surface area contributed by atoms with E-state index >= 15 is 0 Å². The van der Waals surface area contributed by atoms with Gasteiger partial charge in [-0.15, -0.1) is 0 Å². The third kappa shape index (κ3) is 15.1. The summed E-state index contributed by atoms with van der Waals surface area (Å²) in [7, 11) is 9.08. The van der Waals surface area contributed by atoms with E-state index in [0.717, 1.165) is 34.9 Å². The van der Waals surface area contributed by atoms with E-state index in [9.17, 15) is 0 Å². The van der Waals surface area contributed by atoms with Crippen LogP contribution in [0.1, 0.15) is 57.8 Å². The first kappa shape index (κ1) is 22.8. The predicted octanol–water partition coefficient (Wildman–Crippen LogP) is 2.63. The first-order valence-electron chi connectivity index (χ1n) is 9.69. The zero-order valence-corrected chi connectivity index (χ0v) is 16.4. The van der Waals surface area contributed by atoms with Gasteiger partial charge in [0.05, 0.1) is 54.4 Å². The van der Waals surface area contributed by atoms with E-state index in [-0.39, 0.29) is 0 Å². The van der Waals surface area contributed by atoms with Crippen LogP contribution < -0.4 is 0 Å². The first-order valence-corrected chi connectivity index (χ1v) is 9.69. The fraction of sp³-hybridized carbons (Fsp3) is 1.00. The van der Waals surface area contributed by atoms with Gasteiger partial charge in [0, 0.05) is 26.1 Å². The van der Waals surface area contributed by atoms with Crippen molar-refractivity contribution in [3.63, 3.8) is 0 Å². The zero-order chi connectivity index (χ0) is 17.6. The maximum Gasteiger partial charge on any atom is 0.0804 e. The van der Waals surface area contributed by atoms with E-state index < -0.39 is 0 Å². The van der Waals surface area contributed by atoms with Gasteiger partial charge in [0.1, 0.15) is 0 Å². The second-order valence-corrected chi connectivity index (χ2v) is 8.40. The normalized spacial score (nSPS) is 12.8. The molecule has 0 saturated heterocycles. The van der Waals surface area contributed by atoms with E-state index in [1.807, 2.05) is 0 Å². The molecule has 0 aromatic carbocycles. The molecule has 0 amide bonds. The van der Waals surface area contributed by atoms with Crippen molar-refractivity contribution in [2.24, 2.45) is 0 Å². The number of unbranched alkanes of at least 4 members (excludes halogenated alkanes) is 6. The van der Waals surface area contributed by atoms with E-state index in [4.69, 9.17) is 10.2 Å². The lowest BCUT2D eigenvalue weighted by Gasteiger charge is -2.29. The molecule has 2 N–H and O–H groups in total. The molecule has 140 valence electrons. The van der Waals surface area contributed by atoms with Crippen molar-refractivity contribution in [3.8, 4) is 0 Å².